The minimum absolute atomic E-state index is 0.0631. The Bertz CT molecular complexity index is 1200. The third kappa shape index (κ3) is 5.21. The van der Waals surface area contributed by atoms with Crippen LogP contribution in [-0.4, -0.2) is 51.5 Å². The van der Waals surface area contributed by atoms with Gasteiger partial charge in [-0.3, -0.25) is 9.59 Å². The summed E-state index contributed by atoms with van der Waals surface area (Å²) in [5.74, 6) is -0.274. The molecular formula is C27H29N3O5. The zero-order valence-corrected chi connectivity index (χ0v) is 19.9. The second kappa shape index (κ2) is 10.9. The average molecular weight is 476 g/mol. The number of methoxy groups -OCH3 is 1. The van der Waals surface area contributed by atoms with Crippen LogP contribution in [0.15, 0.2) is 72.8 Å². The van der Waals surface area contributed by atoms with Crippen LogP contribution >= 0.6 is 0 Å². The van der Waals surface area contributed by atoms with Crippen molar-refractivity contribution in [3.05, 3.63) is 84.0 Å². The third-order valence-corrected chi connectivity index (χ3v) is 5.92. The molecule has 4 rings (SSSR count). The summed E-state index contributed by atoms with van der Waals surface area (Å²) in [6.45, 7) is 3.59. The van der Waals surface area contributed by atoms with Gasteiger partial charge in [-0.2, -0.15) is 0 Å². The summed E-state index contributed by atoms with van der Waals surface area (Å²) in [6, 6.07) is 13.3. The fraction of sp³-hybridized carbons (Fsp3) is 0.296. The fourth-order valence-electron chi connectivity index (χ4n) is 4.20. The summed E-state index contributed by atoms with van der Waals surface area (Å²) < 4.78 is 12.9. The molecule has 8 heteroatoms. The first kappa shape index (κ1) is 24.1. The minimum atomic E-state index is -0.732. The number of imidazole rings is 1. The summed E-state index contributed by atoms with van der Waals surface area (Å²) in [5.41, 5.74) is 1.20. The Balaban J connectivity index is 1.70. The number of carbonyl (C=O) groups is 2. The highest BCUT2D eigenvalue weighted by atomic mass is 16.5. The van der Waals surface area contributed by atoms with Gasteiger partial charge in [0, 0.05) is 31.0 Å². The van der Waals surface area contributed by atoms with E-state index in [2.05, 4.69) is 4.98 Å². The maximum absolute atomic E-state index is 13.2. The van der Waals surface area contributed by atoms with Crippen molar-refractivity contribution in [1.82, 2.24) is 14.5 Å². The number of aliphatic hydroxyl groups is 1. The number of likely N-dealkylation sites (tertiary alicyclic amines) is 1. The summed E-state index contributed by atoms with van der Waals surface area (Å²) in [5, 5.41) is 11.2. The highest BCUT2D eigenvalue weighted by molar-refractivity contribution is 6.46. The van der Waals surface area contributed by atoms with Gasteiger partial charge in [0.05, 0.1) is 31.7 Å². The molecular weight excluding hydrogens is 446 g/mol. The molecule has 0 bridgehead atoms. The second-order valence-electron chi connectivity index (χ2n) is 8.30. The molecule has 0 aliphatic carbocycles. The molecule has 8 nitrogen and oxygen atoms in total. The van der Waals surface area contributed by atoms with Gasteiger partial charge in [0.2, 0.25) is 0 Å². The monoisotopic (exact) mass is 475 g/mol. The van der Waals surface area contributed by atoms with Crippen molar-refractivity contribution in [2.75, 3.05) is 20.3 Å². The Morgan fingerprint density at radius 3 is 2.57 bits per heavy atom. The van der Waals surface area contributed by atoms with Crippen molar-refractivity contribution in [3.63, 3.8) is 0 Å². The van der Waals surface area contributed by atoms with E-state index in [0.717, 1.165) is 6.42 Å². The molecule has 0 spiro atoms. The van der Waals surface area contributed by atoms with Gasteiger partial charge >= 0.3 is 0 Å². The minimum Gasteiger partial charge on any atom is -0.507 e. The molecule has 1 saturated heterocycles. The maximum Gasteiger partial charge on any atom is 0.295 e. The molecule has 1 unspecified atom stereocenters. The molecule has 1 atom stereocenters. The maximum atomic E-state index is 13.2. The predicted molar refractivity (Wildman–Crippen MR) is 131 cm³/mol. The highest BCUT2D eigenvalue weighted by Gasteiger charge is 2.45. The Morgan fingerprint density at radius 2 is 1.89 bits per heavy atom. The third-order valence-electron chi connectivity index (χ3n) is 5.92. The zero-order chi connectivity index (χ0) is 24.8. The lowest BCUT2D eigenvalue weighted by Gasteiger charge is -2.25. The number of aryl methyl sites for hydroxylation is 1. The van der Waals surface area contributed by atoms with Crippen LogP contribution in [0.4, 0.5) is 0 Å². The van der Waals surface area contributed by atoms with E-state index in [4.69, 9.17) is 9.47 Å². The molecule has 35 heavy (non-hydrogen) atoms. The van der Waals surface area contributed by atoms with Crippen LogP contribution in [0, 0.1) is 0 Å². The summed E-state index contributed by atoms with van der Waals surface area (Å²) in [4.78, 5) is 31.9. The Morgan fingerprint density at radius 1 is 1.09 bits per heavy atom. The van der Waals surface area contributed by atoms with E-state index in [-0.39, 0.29) is 11.3 Å². The number of amides is 1. The van der Waals surface area contributed by atoms with E-state index < -0.39 is 17.7 Å². The smallest absolute Gasteiger partial charge is 0.295 e. The van der Waals surface area contributed by atoms with Crippen molar-refractivity contribution >= 4 is 17.4 Å². The number of hydrogen-bond donors (Lipinski definition) is 1. The van der Waals surface area contributed by atoms with E-state index in [9.17, 15) is 14.7 Å². The van der Waals surface area contributed by atoms with Crippen LogP contribution in [0.1, 0.15) is 36.9 Å². The lowest BCUT2D eigenvalue weighted by Crippen LogP contribution is -2.31. The van der Waals surface area contributed by atoms with Gasteiger partial charge in [-0.1, -0.05) is 19.1 Å². The van der Waals surface area contributed by atoms with Gasteiger partial charge in [-0.25, -0.2) is 4.98 Å². The van der Waals surface area contributed by atoms with Gasteiger partial charge in [0.1, 0.15) is 17.3 Å². The molecule has 1 N–H and O–H groups in total. The Kier molecular flexibility index (Phi) is 7.50. The normalized spacial score (nSPS) is 17.1. The standard InChI is InChI=1S/C27H29N3O5/c1-3-16-35-21-10-8-19(9-11-21)25(31)23-24(20-6-4-7-22(17-20)34-2)30(27(33)26(23)32)14-5-13-29-15-12-28-18-29/h4,6-12,15,17-18,24,31H,3,5,13-14,16H2,1-2H3/b25-23-. The van der Waals surface area contributed by atoms with Crippen molar-refractivity contribution < 1.29 is 24.2 Å². The number of benzene rings is 2. The molecule has 1 fully saturated rings. The molecule has 1 aliphatic heterocycles. The van der Waals surface area contributed by atoms with E-state index in [1.807, 2.05) is 23.8 Å². The van der Waals surface area contributed by atoms with Crippen molar-refractivity contribution in [2.24, 2.45) is 0 Å². The highest BCUT2D eigenvalue weighted by Crippen LogP contribution is 2.40. The molecule has 1 aliphatic rings. The Hall–Kier alpha value is -4.07. The second-order valence-corrected chi connectivity index (χ2v) is 8.30. The first-order chi connectivity index (χ1) is 17.0. The van der Waals surface area contributed by atoms with E-state index >= 15 is 0 Å². The first-order valence-electron chi connectivity index (χ1n) is 11.6. The molecule has 0 radical (unpaired) electrons. The van der Waals surface area contributed by atoms with Gasteiger partial charge in [0.15, 0.2) is 0 Å². The molecule has 2 heterocycles. The predicted octanol–water partition coefficient (Wildman–Crippen LogP) is 4.19. The van der Waals surface area contributed by atoms with E-state index in [1.165, 1.54) is 4.90 Å². The SMILES string of the molecule is CCCOc1ccc(/C(O)=C2/C(=O)C(=O)N(CCCn3ccnc3)C2c2cccc(OC)c2)cc1. The van der Waals surface area contributed by atoms with Crippen LogP contribution in [0.2, 0.25) is 0 Å². The summed E-state index contributed by atoms with van der Waals surface area (Å²) in [7, 11) is 1.56. The molecule has 2 aromatic carbocycles. The number of Topliss-reactive ketones (excluding diaryl/α,β-unsaturated/α-hetero) is 1. The number of carbonyl (C=O) groups excluding carboxylic acids is 2. The first-order valence-corrected chi connectivity index (χ1v) is 11.6. The molecule has 0 saturated carbocycles. The van der Waals surface area contributed by atoms with E-state index in [1.54, 1.807) is 62.1 Å². The van der Waals surface area contributed by atoms with Crippen molar-refractivity contribution in [3.8, 4) is 11.5 Å². The van der Waals surface area contributed by atoms with E-state index in [0.29, 0.717) is 48.7 Å². The molecule has 3 aromatic rings. The summed E-state index contributed by atoms with van der Waals surface area (Å²) in [6.07, 6.45) is 6.75. The number of aliphatic hydroxyl groups excluding tert-OH is 1. The van der Waals surface area contributed by atoms with Crippen LogP contribution in [0.3, 0.4) is 0 Å². The molecule has 1 amide bonds. The van der Waals surface area contributed by atoms with Crippen molar-refractivity contribution in [1.29, 1.82) is 0 Å². The van der Waals surface area contributed by atoms with Gasteiger partial charge in [-0.05, 0) is 54.8 Å². The number of nitrogens with zero attached hydrogens (tertiary/aromatic N) is 3. The van der Waals surface area contributed by atoms with Crippen LogP contribution in [0.5, 0.6) is 11.5 Å². The number of rotatable bonds is 10. The zero-order valence-electron chi connectivity index (χ0n) is 19.9. The van der Waals surface area contributed by atoms with Crippen molar-refractivity contribution in [2.45, 2.75) is 32.4 Å². The number of ether oxygens (including phenoxy) is 2. The quantitative estimate of drug-likeness (QED) is 0.268. The van der Waals surface area contributed by atoms with Gasteiger partial charge in [0.25, 0.3) is 11.7 Å². The number of ketones is 1. The lowest BCUT2D eigenvalue weighted by atomic mass is 9.95. The van der Waals surface area contributed by atoms with Gasteiger partial charge in [-0.15, -0.1) is 0 Å². The topological polar surface area (TPSA) is 93.9 Å². The Labute approximate surface area is 204 Å². The van der Waals surface area contributed by atoms with Crippen LogP contribution in [0.25, 0.3) is 5.76 Å². The lowest BCUT2D eigenvalue weighted by molar-refractivity contribution is -0.139. The molecule has 182 valence electrons. The van der Waals surface area contributed by atoms with Crippen LogP contribution in [-0.2, 0) is 16.1 Å². The largest absolute Gasteiger partial charge is 0.507 e. The number of hydrogen-bond acceptors (Lipinski definition) is 6. The average Bonchev–Trinajstić information content (AvgIpc) is 3.49. The fourth-order valence-corrected chi connectivity index (χ4v) is 4.20. The summed E-state index contributed by atoms with van der Waals surface area (Å²) >= 11 is 0. The number of aromatic nitrogens is 2. The molecule has 1 aromatic heterocycles. The van der Waals surface area contributed by atoms with Gasteiger partial charge < -0.3 is 24.0 Å². The van der Waals surface area contributed by atoms with Crippen LogP contribution < -0.4 is 9.47 Å².